The number of carbonyl (C=O) groups excluding carboxylic acids is 1. The van der Waals surface area contributed by atoms with Crippen molar-refractivity contribution in [2.45, 2.75) is 26.4 Å². The Labute approximate surface area is 66.7 Å². The van der Waals surface area contributed by atoms with Crippen LogP contribution in [0.4, 0.5) is 0 Å². The van der Waals surface area contributed by atoms with Gasteiger partial charge in [-0.3, -0.25) is 8.98 Å². The first-order valence-corrected chi connectivity index (χ1v) is 5.07. The average molecular weight is 180 g/mol. The minimum atomic E-state index is -3.50. The molecule has 0 amide bonds. The van der Waals surface area contributed by atoms with E-state index in [0.717, 1.165) is 6.26 Å². The van der Waals surface area contributed by atoms with Crippen LogP contribution in [0, 0.1) is 0 Å². The molecule has 0 aromatic rings. The molecule has 0 fully saturated rings. The summed E-state index contributed by atoms with van der Waals surface area (Å²) >= 11 is 0. The molecule has 1 atom stereocenters. The van der Waals surface area contributed by atoms with E-state index in [0.29, 0.717) is 6.42 Å². The molecule has 0 aliphatic rings. The summed E-state index contributed by atoms with van der Waals surface area (Å²) < 4.78 is 25.5. The molecule has 66 valence electrons. The molecular weight excluding hydrogens is 168 g/mol. The molecule has 0 aromatic carbocycles. The number of hydrogen-bond donors (Lipinski definition) is 0. The van der Waals surface area contributed by atoms with Gasteiger partial charge in [0, 0.05) is 0 Å². The van der Waals surface area contributed by atoms with E-state index in [1.54, 1.807) is 6.92 Å². The molecule has 1 unspecified atom stereocenters. The van der Waals surface area contributed by atoms with Gasteiger partial charge in [0.15, 0.2) is 5.78 Å². The summed E-state index contributed by atoms with van der Waals surface area (Å²) in [5.74, 6) is -0.266. The van der Waals surface area contributed by atoms with Gasteiger partial charge in [-0.05, 0) is 13.3 Å². The highest BCUT2D eigenvalue weighted by Gasteiger charge is 2.17. The molecule has 0 radical (unpaired) electrons. The molecule has 0 saturated carbocycles. The second-order valence-corrected chi connectivity index (χ2v) is 3.91. The van der Waals surface area contributed by atoms with Crippen molar-refractivity contribution in [1.29, 1.82) is 0 Å². The standard InChI is InChI=1S/C6H12O4S/c1-4-6(5(2)7)10-11(3,8)9/h6H,4H2,1-3H3. The monoisotopic (exact) mass is 180 g/mol. The Morgan fingerprint density at radius 1 is 1.55 bits per heavy atom. The molecule has 5 heteroatoms. The van der Waals surface area contributed by atoms with Gasteiger partial charge < -0.3 is 0 Å². The molecular formula is C6H12O4S. The van der Waals surface area contributed by atoms with Crippen molar-refractivity contribution in [3.63, 3.8) is 0 Å². The summed E-state index contributed by atoms with van der Waals surface area (Å²) in [5.41, 5.74) is 0. The maximum Gasteiger partial charge on any atom is 0.265 e. The van der Waals surface area contributed by atoms with Gasteiger partial charge in [0.1, 0.15) is 6.10 Å². The van der Waals surface area contributed by atoms with Gasteiger partial charge in [0.25, 0.3) is 10.1 Å². The molecule has 0 aliphatic carbocycles. The molecule has 0 aliphatic heterocycles. The Morgan fingerprint density at radius 3 is 2.09 bits per heavy atom. The van der Waals surface area contributed by atoms with Crippen molar-refractivity contribution in [2.75, 3.05) is 6.26 Å². The first-order chi connectivity index (χ1) is 4.87. The van der Waals surface area contributed by atoms with Crippen molar-refractivity contribution < 1.29 is 17.4 Å². The van der Waals surface area contributed by atoms with Gasteiger partial charge in [0.05, 0.1) is 6.26 Å². The molecule has 0 bridgehead atoms. The fraction of sp³-hybridized carbons (Fsp3) is 0.833. The molecule has 11 heavy (non-hydrogen) atoms. The third-order valence-corrected chi connectivity index (χ3v) is 1.70. The largest absolute Gasteiger partial charge is 0.297 e. The molecule has 4 nitrogen and oxygen atoms in total. The van der Waals surface area contributed by atoms with E-state index < -0.39 is 16.2 Å². The summed E-state index contributed by atoms with van der Waals surface area (Å²) in [4.78, 5) is 10.7. The lowest BCUT2D eigenvalue weighted by Gasteiger charge is -2.09. The summed E-state index contributed by atoms with van der Waals surface area (Å²) in [5, 5.41) is 0. The third-order valence-electron chi connectivity index (χ3n) is 1.12. The normalized spacial score (nSPS) is 14.5. The summed E-state index contributed by atoms with van der Waals surface area (Å²) in [6.45, 7) is 3.00. The lowest BCUT2D eigenvalue weighted by atomic mass is 10.2. The highest BCUT2D eigenvalue weighted by atomic mass is 32.2. The van der Waals surface area contributed by atoms with Crippen LogP contribution >= 0.6 is 0 Å². The van der Waals surface area contributed by atoms with E-state index in [1.807, 2.05) is 0 Å². The molecule has 0 saturated heterocycles. The number of ketones is 1. The van der Waals surface area contributed by atoms with E-state index >= 15 is 0 Å². The van der Waals surface area contributed by atoms with Crippen LogP contribution in [0.25, 0.3) is 0 Å². The van der Waals surface area contributed by atoms with Gasteiger partial charge in [0.2, 0.25) is 0 Å². The first kappa shape index (κ1) is 10.6. The van der Waals surface area contributed by atoms with Crippen LogP contribution in [0.1, 0.15) is 20.3 Å². The number of hydrogen-bond acceptors (Lipinski definition) is 4. The van der Waals surface area contributed by atoms with E-state index in [1.165, 1.54) is 6.92 Å². The highest BCUT2D eigenvalue weighted by molar-refractivity contribution is 7.86. The first-order valence-electron chi connectivity index (χ1n) is 3.25. The molecule has 0 aromatic heterocycles. The van der Waals surface area contributed by atoms with Crippen molar-refractivity contribution in [1.82, 2.24) is 0 Å². The fourth-order valence-electron chi connectivity index (χ4n) is 0.634. The Balaban J connectivity index is 4.22. The Bertz CT molecular complexity index is 229. The van der Waals surface area contributed by atoms with Gasteiger partial charge in [-0.25, -0.2) is 0 Å². The molecule has 0 spiro atoms. The molecule has 0 rings (SSSR count). The Hall–Kier alpha value is -0.420. The average Bonchev–Trinajstić information content (AvgIpc) is 1.80. The van der Waals surface area contributed by atoms with Crippen LogP contribution in [0.2, 0.25) is 0 Å². The zero-order valence-electron chi connectivity index (χ0n) is 6.83. The quantitative estimate of drug-likeness (QED) is 0.585. The van der Waals surface area contributed by atoms with Crippen LogP contribution in [0.5, 0.6) is 0 Å². The lowest BCUT2D eigenvalue weighted by Crippen LogP contribution is -2.23. The highest BCUT2D eigenvalue weighted by Crippen LogP contribution is 2.02. The third kappa shape index (κ3) is 4.92. The fourth-order valence-corrected chi connectivity index (χ4v) is 1.33. The predicted molar refractivity (Wildman–Crippen MR) is 40.7 cm³/mol. The Kier molecular flexibility index (Phi) is 3.68. The van der Waals surface area contributed by atoms with Gasteiger partial charge in [-0.2, -0.15) is 8.42 Å². The topological polar surface area (TPSA) is 60.4 Å². The smallest absolute Gasteiger partial charge is 0.265 e. The van der Waals surface area contributed by atoms with Crippen molar-refractivity contribution in [2.24, 2.45) is 0 Å². The van der Waals surface area contributed by atoms with E-state index in [-0.39, 0.29) is 5.78 Å². The SMILES string of the molecule is CCC(OS(C)(=O)=O)C(C)=O. The van der Waals surface area contributed by atoms with E-state index in [2.05, 4.69) is 4.18 Å². The zero-order valence-corrected chi connectivity index (χ0v) is 7.64. The van der Waals surface area contributed by atoms with Gasteiger partial charge in [-0.1, -0.05) is 6.92 Å². The van der Waals surface area contributed by atoms with Crippen molar-refractivity contribution in [3.05, 3.63) is 0 Å². The van der Waals surface area contributed by atoms with E-state index in [9.17, 15) is 13.2 Å². The van der Waals surface area contributed by atoms with Crippen molar-refractivity contribution >= 4 is 15.9 Å². The summed E-state index contributed by atoms with van der Waals surface area (Å²) in [6.07, 6.45) is 0.492. The Morgan fingerprint density at radius 2 is 2.00 bits per heavy atom. The van der Waals surface area contributed by atoms with E-state index in [4.69, 9.17) is 0 Å². The van der Waals surface area contributed by atoms with Crippen LogP contribution < -0.4 is 0 Å². The lowest BCUT2D eigenvalue weighted by molar-refractivity contribution is -0.123. The maximum atomic E-state index is 10.7. The van der Waals surface area contributed by atoms with Crippen LogP contribution in [0.3, 0.4) is 0 Å². The predicted octanol–water partition coefficient (Wildman–Crippen LogP) is 0.330. The van der Waals surface area contributed by atoms with Crippen LogP contribution in [-0.2, 0) is 19.1 Å². The second kappa shape index (κ2) is 3.82. The van der Waals surface area contributed by atoms with Crippen molar-refractivity contribution in [3.8, 4) is 0 Å². The second-order valence-electron chi connectivity index (χ2n) is 2.31. The van der Waals surface area contributed by atoms with Gasteiger partial charge in [-0.15, -0.1) is 0 Å². The maximum absolute atomic E-state index is 10.7. The summed E-state index contributed by atoms with van der Waals surface area (Å²) in [6, 6.07) is 0. The minimum Gasteiger partial charge on any atom is -0.297 e. The number of rotatable bonds is 4. The number of carbonyl (C=O) groups is 1. The minimum absolute atomic E-state index is 0.266. The number of Topliss-reactive ketones (excluding diaryl/α,β-unsaturated/α-hetero) is 1. The van der Waals surface area contributed by atoms with Crippen LogP contribution in [-0.4, -0.2) is 26.6 Å². The molecule has 0 heterocycles. The van der Waals surface area contributed by atoms with Crippen LogP contribution in [0.15, 0.2) is 0 Å². The molecule has 0 N–H and O–H groups in total. The zero-order chi connectivity index (χ0) is 9.07. The summed E-state index contributed by atoms with van der Waals surface area (Å²) in [7, 11) is -3.50. The van der Waals surface area contributed by atoms with Gasteiger partial charge >= 0.3 is 0 Å².